The van der Waals surface area contributed by atoms with E-state index in [1.165, 1.54) is 0 Å². The van der Waals surface area contributed by atoms with Crippen molar-refractivity contribution in [3.63, 3.8) is 0 Å². The van der Waals surface area contributed by atoms with Gasteiger partial charge in [-0.3, -0.25) is 4.79 Å². The van der Waals surface area contributed by atoms with E-state index in [0.717, 1.165) is 17.5 Å². The number of carbonyl (C=O) groups is 1. The number of aliphatic hydroxyl groups excluding tert-OH is 1. The molecule has 78 valence electrons. The van der Waals surface area contributed by atoms with E-state index < -0.39 is 6.10 Å². The summed E-state index contributed by atoms with van der Waals surface area (Å²) in [5.41, 5.74) is 2.07. The van der Waals surface area contributed by atoms with E-state index in [-0.39, 0.29) is 11.9 Å². The minimum absolute atomic E-state index is 0.00685. The third-order valence-corrected chi connectivity index (χ3v) is 3.45. The van der Waals surface area contributed by atoms with Crippen LogP contribution in [0.1, 0.15) is 30.1 Å². The SMILES string of the molecule is O=C1CCC2C(O)c3ccccc3CN12. The zero-order valence-corrected chi connectivity index (χ0v) is 8.39. The Balaban J connectivity index is 2.06. The summed E-state index contributed by atoms with van der Waals surface area (Å²) in [6, 6.07) is 7.84. The zero-order chi connectivity index (χ0) is 10.4. The lowest BCUT2D eigenvalue weighted by Gasteiger charge is -2.35. The fourth-order valence-corrected chi connectivity index (χ4v) is 2.65. The van der Waals surface area contributed by atoms with Crippen LogP contribution in [0.4, 0.5) is 0 Å². The first-order valence-electron chi connectivity index (χ1n) is 5.33. The molecule has 1 fully saturated rings. The van der Waals surface area contributed by atoms with Crippen LogP contribution in [0.3, 0.4) is 0 Å². The van der Waals surface area contributed by atoms with Gasteiger partial charge in [0, 0.05) is 13.0 Å². The van der Waals surface area contributed by atoms with E-state index >= 15 is 0 Å². The van der Waals surface area contributed by atoms with Crippen molar-refractivity contribution in [1.82, 2.24) is 4.90 Å². The first-order chi connectivity index (χ1) is 7.27. The third kappa shape index (κ3) is 1.20. The van der Waals surface area contributed by atoms with Gasteiger partial charge < -0.3 is 10.0 Å². The molecule has 3 rings (SSSR count). The summed E-state index contributed by atoms with van der Waals surface area (Å²) in [5.74, 6) is 0.175. The Bertz CT molecular complexity index is 416. The molecular weight excluding hydrogens is 190 g/mol. The Morgan fingerprint density at radius 3 is 3.00 bits per heavy atom. The summed E-state index contributed by atoms with van der Waals surface area (Å²) in [5, 5.41) is 10.2. The molecule has 1 amide bonds. The molecule has 2 heterocycles. The molecule has 2 aliphatic rings. The second-order valence-electron chi connectivity index (χ2n) is 4.27. The van der Waals surface area contributed by atoms with Crippen LogP contribution in [-0.2, 0) is 11.3 Å². The Morgan fingerprint density at radius 1 is 1.33 bits per heavy atom. The molecule has 0 aromatic heterocycles. The Kier molecular flexibility index (Phi) is 1.83. The van der Waals surface area contributed by atoms with Gasteiger partial charge in [-0.15, -0.1) is 0 Å². The Hall–Kier alpha value is -1.35. The third-order valence-electron chi connectivity index (χ3n) is 3.45. The highest BCUT2D eigenvalue weighted by Crippen LogP contribution is 2.37. The largest absolute Gasteiger partial charge is 0.386 e. The summed E-state index contributed by atoms with van der Waals surface area (Å²) in [4.78, 5) is 13.4. The summed E-state index contributed by atoms with van der Waals surface area (Å²) >= 11 is 0. The summed E-state index contributed by atoms with van der Waals surface area (Å²) in [6.07, 6.45) is 0.866. The van der Waals surface area contributed by atoms with Crippen molar-refractivity contribution in [2.45, 2.75) is 31.5 Å². The van der Waals surface area contributed by atoms with Gasteiger partial charge in [0.15, 0.2) is 0 Å². The molecule has 3 nitrogen and oxygen atoms in total. The molecule has 2 unspecified atom stereocenters. The van der Waals surface area contributed by atoms with Crippen molar-refractivity contribution in [1.29, 1.82) is 0 Å². The van der Waals surface area contributed by atoms with Gasteiger partial charge in [0.1, 0.15) is 0 Å². The molecule has 0 saturated carbocycles. The normalized spacial score (nSPS) is 28.9. The number of hydrogen-bond acceptors (Lipinski definition) is 2. The average Bonchev–Trinajstić information content (AvgIpc) is 2.62. The lowest BCUT2D eigenvalue weighted by Crippen LogP contribution is -2.40. The van der Waals surface area contributed by atoms with E-state index in [1.54, 1.807) is 0 Å². The highest BCUT2D eigenvalue weighted by Gasteiger charge is 2.40. The number of amides is 1. The van der Waals surface area contributed by atoms with Crippen LogP contribution in [0.5, 0.6) is 0 Å². The number of carbonyl (C=O) groups excluding carboxylic acids is 1. The van der Waals surface area contributed by atoms with Crippen LogP contribution in [-0.4, -0.2) is 22.0 Å². The van der Waals surface area contributed by atoms with Gasteiger partial charge in [-0.1, -0.05) is 24.3 Å². The van der Waals surface area contributed by atoms with Gasteiger partial charge in [-0.25, -0.2) is 0 Å². The van der Waals surface area contributed by atoms with Crippen molar-refractivity contribution >= 4 is 5.91 Å². The zero-order valence-electron chi connectivity index (χ0n) is 8.39. The van der Waals surface area contributed by atoms with Gasteiger partial charge in [0.2, 0.25) is 5.91 Å². The van der Waals surface area contributed by atoms with E-state index in [4.69, 9.17) is 0 Å². The monoisotopic (exact) mass is 203 g/mol. The molecule has 3 heteroatoms. The first kappa shape index (κ1) is 8.92. The highest BCUT2D eigenvalue weighted by molar-refractivity contribution is 5.79. The highest BCUT2D eigenvalue weighted by atomic mass is 16.3. The lowest BCUT2D eigenvalue weighted by atomic mass is 9.92. The molecular formula is C12H13NO2. The second kappa shape index (κ2) is 3.07. The topological polar surface area (TPSA) is 40.5 Å². The van der Waals surface area contributed by atoms with Crippen LogP contribution in [0.25, 0.3) is 0 Å². The lowest BCUT2D eigenvalue weighted by molar-refractivity contribution is -0.131. The molecule has 1 aromatic carbocycles. The maximum absolute atomic E-state index is 11.6. The van der Waals surface area contributed by atoms with Gasteiger partial charge in [0.05, 0.1) is 12.1 Å². The number of benzene rings is 1. The first-order valence-corrected chi connectivity index (χ1v) is 5.33. The molecule has 1 N–H and O–H groups in total. The summed E-state index contributed by atoms with van der Waals surface area (Å²) in [6.45, 7) is 0.663. The predicted octanol–water partition coefficient (Wildman–Crippen LogP) is 1.22. The predicted molar refractivity (Wildman–Crippen MR) is 55.0 cm³/mol. The molecule has 1 aromatic rings. The molecule has 0 radical (unpaired) electrons. The van der Waals surface area contributed by atoms with Crippen molar-refractivity contribution in [3.8, 4) is 0 Å². The fourth-order valence-electron chi connectivity index (χ4n) is 2.65. The number of aliphatic hydroxyl groups is 1. The van der Waals surface area contributed by atoms with Gasteiger partial charge in [-0.05, 0) is 17.5 Å². The molecule has 2 aliphatic heterocycles. The quantitative estimate of drug-likeness (QED) is 0.688. The molecule has 0 bridgehead atoms. The van der Waals surface area contributed by atoms with E-state index in [9.17, 15) is 9.90 Å². The van der Waals surface area contributed by atoms with Gasteiger partial charge in [0.25, 0.3) is 0 Å². The number of nitrogens with zero attached hydrogens (tertiary/aromatic N) is 1. The van der Waals surface area contributed by atoms with Crippen molar-refractivity contribution in [3.05, 3.63) is 35.4 Å². The summed E-state index contributed by atoms with van der Waals surface area (Å²) in [7, 11) is 0. The molecule has 15 heavy (non-hydrogen) atoms. The minimum atomic E-state index is -0.499. The Morgan fingerprint density at radius 2 is 2.13 bits per heavy atom. The van der Waals surface area contributed by atoms with E-state index in [0.29, 0.717) is 13.0 Å². The van der Waals surface area contributed by atoms with E-state index in [2.05, 4.69) is 0 Å². The van der Waals surface area contributed by atoms with Crippen LogP contribution in [0.15, 0.2) is 24.3 Å². The standard InChI is InChI=1S/C12H13NO2/c14-11-6-5-10-12(15)9-4-2-1-3-8(9)7-13(10)11/h1-4,10,12,15H,5-7H2. The molecule has 1 saturated heterocycles. The maximum atomic E-state index is 11.6. The second-order valence-corrected chi connectivity index (χ2v) is 4.27. The maximum Gasteiger partial charge on any atom is 0.223 e. The van der Waals surface area contributed by atoms with Crippen LogP contribution in [0, 0.1) is 0 Å². The molecule has 0 spiro atoms. The van der Waals surface area contributed by atoms with Crippen LogP contribution in [0.2, 0.25) is 0 Å². The number of hydrogen-bond donors (Lipinski definition) is 1. The van der Waals surface area contributed by atoms with E-state index in [1.807, 2.05) is 29.2 Å². The van der Waals surface area contributed by atoms with Crippen LogP contribution >= 0.6 is 0 Å². The Labute approximate surface area is 88.3 Å². The molecule has 0 aliphatic carbocycles. The molecule has 2 atom stereocenters. The van der Waals surface area contributed by atoms with Crippen molar-refractivity contribution < 1.29 is 9.90 Å². The smallest absolute Gasteiger partial charge is 0.223 e. The fraction of sp³-hybridized carbons (Fsp3) is 0.417. The van der Waals surface area contributed by atoms with Crippen molar-refractivity contribution in [2.24, 2.45) is 0 Å². The minimum Gasteiger partial charge on any atom is -0.386 e. The number of rotatable bonds is 0. The number of fused-ring (bicyclic) bond motifs is 2. The average molecular weight is 203 g/mol. The summed E-state index contributed by atoms with van der Waals surface area (Å²) < 4.78 is 0. The van der Waals surface area contributed by atoms with Gasteiger partial charge >= 0.3 is 0 Å². The van der Waals surface area contributed by atoms with Gasteiger partial charge in [-0.2, -0.15) is 0 Å². The van der Waals surface area contributed by atoms with Crippen LogP contribution < -0.4 is 0 Å². The van der Waals surface area contributed by atoms with Crippen molar-refractivity contribution in [2.75, 3.05) is 0 Å².